The van der Waals surface area contributed by atoms with Crippen LogP contribution in [0.1, 0.15) is 26.2 Å². The average molecular weight is 264 g/mol. The van der Waals surface area contributed by atoms with Crippen molar-refractivity contribution in [3.8, 4) is 0 Å². The lowest BCUT2D eigenvalue weighted by molar-refractivity contribution is -0.137. The Bertz CT molecular complexity index is 389. The number of amides is 2. The zero-order chi connectivity index (χ0) is 13.8. The summed E-state index contributed by atoms with van der Waals surface area (Å²) >= 11 is 0. The van der Waals surface area contributed by atoms with Gasteiger partial charge in [-0.2, -0.15) is 0 Å². The predicted molar refractivity (Wildman–Crippen MR) is 70.3 cm³/mol. The van der Waals surface area contributed by atoms with Crippen molar-refractivity contribution in [3.63, 3.8) is 0 Å². The number of hydrogen-bond donors (Lipinski definition) is 0. The first-order valence-corrected chi connectivity index (χ1v) is 6.79. The van der Waals surface area contributed by atoms with E-state index in [0.717, 1.165) is 19.3 Å². The minimum atomic E-state index is -0.0841. The van der Waals surface area contributed by atoms with Crippen LogP contribution in [0.2, 0.25) is 0 Å². The first kappa shape index (κ1) is 13.9. The number of rotatable bonds is 5. The van der Waals surface area contributed by atoms with Crippen LogP contribution in [0.3, 0.4) is 0 Å². The molecule has 2 aliphatic heterocycles. The Labute approximate surface area is 113 Å². The normalized spacial score (nSPS) is 28.8. The molecule has 2 saturated heterocycles. The van der Waals surface area contributed by atoms with Crippen molar-refractivity contribution in [1.82, 2.24) is 9.80 Å². The van der Waals surface area contributed by atoms with E-state index in [2.05, 4.69) is 11.8 Å². The summed E-state index contributed by atoms with van der Waals surface area (Å²) in [6.07, 6.45) is 6.51. The van der Waals surface area contributed by atoms with Crippen molar-refractivity contribution in [2.45, 2.75) is 32.2 Å². The number of aldehydes is 1. The van der Waals surface area contributed by atoms with Crippen molar-refractivity contribution in [2.75, 3.05) is 19.6 Å². The molecule has 0 bridgehead atoms. The van der Waals surface area contributed by atoms with Crippen LogP contribution in [-0.2, 0) is 14.4 Å². The Morgan fingerprint density at radius 2 is 1.89 bits per heavy atom. The summed E-state index contributed by atoms with van der Waals surface area (Å²) in [7, 11) is 0. The van der Waals surface area contributed by atoms with E-state index >= 15 is 0 Å². The first-order valence-electron chi connectivity index (χ1n) is 6.79. The van der Waals surface area contributed by atoms with Crippen molar-refractivity contribution in [1.29, 1.82) is 0 Å². The third kappa shape index (κ3) is 3.29. The molecule has 0 N–H and O–H groups in total. The zero-order valence-electron chi connectivity index (χ0n) is 11.2. The van der Waals surface area contributed by atoms with E-state index in [1.54, 1.807) is 0 Å². The molecule has 0 aromatic heterocycles. The molecule has 2 atom stereocenters. The fraction of sp³-hybridized carbons (Fsp3) is 0.643. The summed E-state index contributed by atoms with van der Waals surface area (Å²) < 4.78 is 0. The van der Waals surface area contributed by atoms with Crippen LogP contribution in [-0.4, -0.2) is 53.6 Å². The number of carbonyl (C=O) groups is 3. The maximum Gasteiger partial charge on any atom is 0.229 e. The monoisotopic (exact) mass is 264 g/mol. The van der Waals surface area contributed by atoms with Gasteiger partial charge in [-0.05, 0) is 12.3 Å². The fourth-order valence-corrected chi connectivity index (χ4v) is 2.83. The second kappa shape index (κ2) is 6.10. The molecule has 2 amide bonds. The molecule has 2 unspecified atom stereocenters. The second-order valence-corrected chi connectivity index (χ2v) is 5.36. The third-order valence-electron chi connectivity index (χ3n) is 3.77. The standard InChI is InChI=1S/C14H20N2O3/c1-11-9-12(15(10-11)7-8-17)3-2-6-16-13(18)4-5-14(16)19/h2-3,8,11-12H,4-7,9-10H2,1H3. The summed E-state index contributed by atoms with van der Waals surface area (Å²) in [4.78, 5) is 36.9. The number of likely N-dealkylation sites (tertiary alicyclic amines) is 2. The number of imide groups is 1. The lowest BCUT2D eigenvalue weighted by Crippen LogP contribution is -2.31. The molecule has 0 aromatic rings. The number of nitrogens with zero attached hydrogens (tertiary/aromatic N) is 2. The first-order chi connectivity index (χ1) is 9.11. The van der Waals surface area contributed by atoms with Crippen LogP contribution < -0.4 is 0 Å². The quantitative estimate of drug-likeness (QED) is 0.414. The Morgan fingerprint density at radius 3 is 2.53 bits per heavy atom. The summed E-state index contributed by atoms with van der Waals surface area (Å²) in [5.41, 5.74) is 0. The Morgan fingerprint density at radius 1 is 1.21 bits per heavy atom. The lowest BCUT2D eigenvalue weighted by atomic mass is 10.1. The smallest absolute Gasteiger partial charge is 0.229 e. The molecule has 5 nitrogen and oxygen atoms in total. The van der Waals surface area contributed by atoms with Crippen LogP contribution in [0.15, 0.2) is 12.2 Å². The van der Waals surface area contributed by atoms with Crippen LogP contribution in [0, 0.1) is 5.92 Å². The van der Waals surface area contributed by atoms with Crippen LogP contribution in [0.5, 0.6) is 0 Å². The van der Waals surface area contributed by atoms with Crippen LogP contribution in [0.25, 0.3) is 0 Å². The van der Waals surface area contributed by atoms with Crippen LogP contribution in [0.4, 0.5) is 0 Å². The maximum absolute atomic E-state index is 11.4. The van der Waals surface area contributed by atoms with Gasteiger partial charge in [0.25, 0.3) is 0 Å². The fourth-order valence-electron chi connectivity index (χ4n) is 2.83. The minimum Gasteiger partial charge on any atom is -0.302 e. The van der Waals surface area contributed by atoms with Gasteiger partial charge in [0.2, 0.25) is 11.8 Å². The third-order valence-corrected chi connectivity index (χ3v) is 3.77. The van der Waals surface area contributed by atoms with Gasteiger partial charge in [-0.3, -0.25) is 19.4 Å². The molecule has 0 aliphatic carbocycles. The van der Waals surface area contributed by atoms with Gasteiger partial charge < -0.3 is 4.79 Å². The molecule has 5 heteroatoms. The molecular weight excluding hydrogens is 244 g/mol. The Hall–Kier alpha value is -1.49. The van der Waals surface area contributed by atoms with Gasteiger partial charge in [-0.1, -0.05) is 19.1 Å². The van der Waals surface area contributed by atoms with E-state index < -0.39 is 0 Å². The van der Waals surface area contributed by atoms with E-state index in [-0.39, 0.29) is 17.9 Å². The Kier molecular flexibility index (Phi) is 4.47. The SMILES string of the molecule is CC1CC(C=CCN2C(=O)CCC2=O)N(CC=O)C1. The van der Waals surface area contributed by atoms with Crippen molar-refractivity contribution in [3.05, 3.63) is 12.2 Å². The minimum absolute atomic E-state index is 0.0841. The molecule has 2 aliphatic rings. The highest BCUT2D eigenvalue weighted by Crippen LogP contribution is 2.23. The number of hydrogen-bond acceptors (Lipinski definition) is 4. The molecule has 0 spiro atoms. The number of carbonyl (C=O) groups excluding carboxylic acids is 3. The highest BCUT2D eigenvalue weighted by Gasteiger charge is 2.29. The van der Waals surface area contributed by atoms with Crippen molar-refractivity contribution >= 4 is 18.1 Å². The summed E-state index contributed by atoms with van der Waals surface area (Å²) in [6.45, 7) is 3.90. The van der Waals surface area contributed by atoms with Gasteiger partial charge in [0.05, 0.1) is 6.54 Å². The highest BCUT2D eigenvalue weighted by atomic mass is 16.2. The second-order valence-electron chi connectivity index (χ2n) is 5.36. The van der Waals surface area contributed by atoms with Gasteiger partial charge in [-0.15, -0.1) is 0 Å². The van der Waals surface area contributed by atoms with E-state index in [9.17, 15) is 14.4 Å². The topological polar surface area (TPSA) is 57.7 Å². The zero-order valence-corrected chi connectivity index (χ0v) is 11.2. The maximum atomic E-state index is 11.4. The van der Waals surface area contributed by atoms with Crippen LogP contribution >= 0.6 is 0 Å². The van der Waals surface area contributed by atoms with Crippen molar-refractivity contribution in [2.24, 2.45) is 5.92 Å². The summed E-state index contributed by atoms with van der Waals surface area (Å²) in [5, 5.41) is 0. The van der Waals surface area contributed by atoms with Gasteiger partial charge in [0.1, 0.15) is 6.29 Å². The molecular formula is C14H20N2O3. The van der Waals surface area contributed by atoms with Crippen molar-refractivity contribution < 1.29 is 14.4 Å². The predicted octanol–water partition coefficient (Wildman–Crippen LogP) is 0.601. The molecule has 2 rings (SSSR count). The summed E-state index contributed by atoms with van der Waals surface area (Å²) in [5.74, 6) is 0.406. The largest absolute Gasteiger partial charge is 0.302 e. The lowest BCUT2D eigenvalue weighted by Gasteiger charge is -2.19. The Balaban J connectivity index is 1.89. The van der Waals surface area contributed by atoms with Gasteiger partial charge in [0.15, 0.2) is 0 Å². The molecule has 0 saturated carbocycles. The molecule has 19 heavy (non-hydrogen) atoms. The molecule has 104 valence electrons. The van der Waals surface area contributed by atoms with Gasteiger partial charge in [0, 0.05) is 32.0 Å². The van der Waals surface area contributed by atoms with Gasteiger partial charge >= 0.3 is 0 Å². The molecule has 2 fully saturated rings. The van der Waals surface area contributed by atoms with E-state index in [0.29, 0.717) is 31.8 Å². The average Bonchev–Trinajstić information content (AvgIpc) is 2.86. The van der Waals surface area contributed by atoms with Gasteiger partial charge in [-0.25, -0.2) is 0 Å². The highest BCUT2D eigenvalue weighted by molar-refractivity contribution is 6.02. The van der Waals surface area contributed by atoms with E-state index in [1.807, 2.05) is 12.2 Å². The molecule has 0 aromatic carbocycles. The van der Waals surface area contributed by atoms with E-state index in [1.165, 1.54) is 4.90 Å². The molecule has 2 heterocycles. The molecule has 0 radical (unpaired) electrons. The van der Waals surface area contributed by atoms with E-state index in [4.69, 9.17) is 0 Å². The summed E-state index contributed by atoms with van der Waals surface area (Å²) in [6, 6.07) is 0.244.